The van der Waals surface area contributed by atoms with E-state index in [-0.39, 0.29) is 12.5 Å². The zero-order valence-electron chi connectivity index (χ0n) is 22.0. The maximum Gasteiger partial charge on any atom is 0.335 e. The Morgan fingerprint density at radius 3 is 2.63 bits per heavy atom. The van der Waals surface area contributed by atoms with Crippen LogP contribution in [-0.2, 0) is 12.8 Å². The van der Waals surface area contributed by atoms with Gasteiger partial charge < -0.3 is 10.0 Å². The summed E-state index contributed by atoms with van der Waals surface area (Å²) in [4.78, 5) is 14.0. The third-order valence-electron chi connectivity index (χ3n) is 8.13. The molecule has 3 aromatic carbocycles. The zero-order chi connectivity index (χ0) is 26.6. The van der Waals surface area contributed by atoms with E-state index < -0.39 is 5.97 Å². The molecule has 1 heterocycles. The molecular weight excluding hydrogens is 480 g/mol. The number of fused-ring (bicyclic) bond motifs is 1. The van der Waals surface area contributed by atoms with Crippen LogP contribution in [0.15, 0.2) is 60.7 Å². The van der Waals surface area contributed by atoms with Crippen molar-refractivity contribution in [3.63, 3.8) is 0 Å². The van der Waals surface area contributed by atoms with Crippen molar-refractivity contribution < 1.29 is 18.7 Å². The molecule has 1 saturated heterocycles. The van der Waals surface area contributed by atoms with Gasteiger partial charge in [-0.25, -0.2) is 9.18 Å². The second-order valence-electron chi connectivity index (χ2n) is 10.7. The van der Waals surface area contributed by atoms with Crippen molar-refractivity contribution >= 4 is 17.1 Å². The predicted molar refractivity (Wildman–Crippen MR) is 149 cm³/mol. The first-order valence-electron chi connectivity index (χ1n) is 13.7. The Bertz CT molecular complexity index is 1350. The highest BCUT2D eigenvalue weighted by atomic mass is 19.1. The maximum absolute atomic E-state index is 14.6. The van der Waals surface area contributed by atoms with E-state index >= 15 is 0 Å². The molecule has 0 amide bonds. The van der Waals surface area contributed by atoms with E-state index in [9.17, 15) is 18.7 Å². The van der Waals surface area contributed by atoms with Crippen LogP contribution in [0, 0.1) is 18.7 Å². The lowest BCUT2D eigenvalue weighted by Crippen LogP contribution is -2.22. The van der Waals surface area contributed by atoms with Gasteiger partial charge in [-0.1, -0.05) is 42.5 Å². The van der Waals surface area contributed by atoms with Crippen molar-refractivity contribution in [1.29, 1.82) is 0 Å². The summed E-state index contributed by atoms with van der Waals surface area (Å²) in [7, 11) is 0. The highest BCUT2D eigenvalue weighted by Crippen LogP contribution is 2.41. The first kappa shape index (κ1) is 26.3. The number of rotatable bonds is 8. The number of nitrogens with zero attached hydrogens (tertiary/aromatic N) is 1. The number of alkyl halides is 1. The molecule has 1 N–H and O–H groups in total. The second kappa shape index (κ2) is 11.6. The fourth-order valence-corrected chi connectivity index (χ4v) is 6.16. The van der Waals surface area contributed by atoms with Crippen LogP contribution < -0.4 is 0 Å². The number of carboxylic acid groups (broad SMARTS) is 1. The van der Waals surface area contributed by atoms with Crippen molar-refractivity contribution in [2.75, 3.05) is 26.3 Å². The van der Waals surface area contributed by atoms with Crippen molar-refractivity contribution in [3.8, 4) is 0 Å². The van der Waals surface area contributed by atoms with Gasteiger partial charge in [0.1, 0.15) is 5.82 Å². The molecule has 3 nitrogen and oxygen atoms in total. The molecule has 2 aliphatic rings. The fraction of sp³-hybridized carbons (Fsp3) is 0.364. The number of benzene rings is 3. The molecule has 0 spiro atoms. The Labute approximate surface area is 223 Å². The van der Waals surface area contributed by atoms with E-state index in [1.807, 2.05) is 19.1 Å². The van der Waals surface area contributed by atoms with Gasteiger partial charge in [0.2, 0.25) is 0 Å². The lowest BCUT2D eigenvalue weighted by Gasteiger charge is -2.19. The molecule has 5 rings (SSSR count). The van der Waals surface area contributed by atoms with Crippen molar-refractivity contribution in [2.24, 2.45) is 5.92 Å². The van der Waals surface area contributed by atoms with Crippen LogP contribution >= 0.6 is 0 Å². The molecular formula is C33H35F2NO2. The van der Waals surface area contributed by atoms with Gasteiger partial charge in [-0.05, 0) is 121 Å². The molecule has 1 unspecified atom stereocenters. The third kappa shape index (κ3) is 5.58. The number of aryl methyl sites for hydroxylation is 1. The summed E-state index contributed by atoms with van der Waals surface area (Å²) in [5, 5.41) is 9.57. The monoisotopic (exact) mass is 515 g/mol. The molecule has 0 saturated carbocycles. The summed E-state index contributed by atoms with van der Waals surface area (Å²) >= 11 is 0. The third-order valence-corrected chi connectivity index (χ3v) is 8.13. The van der Waals surface area contributed by atoms with Gasteiger partial charge in [-0.3, -0.25) is 4.39 Å². The summed E-state index contributed by atoms with van der Waals surface area (Å²) in [6, 6.07) is 19.4. The van der Waals surface area contributed by atoms with E-state index in [2.05, 4.69) is 29.2 Å². The topological polar surface area (TPSA) is 40.5 Å². The van der Waals surface area contributed by atoms with Crippen molar-refractivity contribution in [1.82, 2.24) is 4.90 Å². The average Bonchev–Trinajstić information content (AvgIpc) is 3.27. The molecule has 198 valence electrons. The first-order chi connectivity index (χ1) is 18.4. The number of carboxylic acids is 1. The predicted octanol–water partition coefficient (Wildman–Crippen LogP) is 7.35. The number of halogens is 2. The minimum atomic E-state index is -0.927. The highest BCUT2D eigenvalue weighted by Gasteiger charge is 2.24. The Morgan fingerprint density at radius 2 is 1.87 bits per heavy atom. The quantitative estimate of drug-likeness (QED) is 0.341. The van der Waals surface area contributed by atoms with Gasteiger partial charge in [-0.15, -0.1) is 0 Å². The van der Waals surface area contributed by atoms with Gasteiger partial charge in [0.15, 0.2) is 0 Å². The smallest absolute Gasteiger partial charge is 0.335 e. The number of carbonyl (C=O) groups is 1. The summed E-state index contributed by atoms with van der Waals surface area (Å²) in [6.45, 7) is 4.48. The van der Waals surface area contributed by atoms with Crippen LogP contribution in [-0.4, -0.2) is 42.3 Å². The molecule has 0 bridgehead atoms. The molecule has 3 aromatic rings. The summed E-state index contributed by atoms with van der Waals surface area (Å²) in [5.41, 5.74) is 8.41. The van der Waals surface area contributed by atoms with Crippen LogP contribution in [0.2, 0.25) is 0 Å². The van der Waals surface area contributed by atoms with Crippen LogP contribution in [0.4, 0.5) is 8.78 Å². The van der Waals surface area contributed by atoms with Gasteiger partial charge in [-0.2, -0.15) is 0 Å². The minimum absolute atomic E-state index is 0.215. The molecule has 38 heavy (non-hydrogen) atoms. The van der Waals surface area contributed by atoms with Crippen LogP contribution in [0.3, 0.4) is 0 Å². The Morgan fingerprint density at radius 1 is 1.05 bits per heavy atom. The summed E-state index contributed by atoms with van der Waals surface area (Å²) in [5.74, 6) is -0.561. The molecule has 1 aliphatic carbocycles. The molecule has 1 atom stereocenters. The summed E-state index contributed by atoms with van der Waals surface area (Å²) < 4.78 is 27.2. The van der Waals surface area contributed by atoms with E-state index in [0.29, 0.717) is 23.5 Å². The van der Waals surface area contributed by atoms with E-state index in [1.165, 1.54) is 11.6 Å². The van der Waals surface area contributed by atoms with Crippen LogP contribution in [0.25, 0.3) is 11.1 Å². The largest absolute Gasteiger partial charge is 0.478 e. The van der Waals surface area contributed by atoms with Gasteiger partial charge >= 0.3 is 5.97 Å². The zero-order valence-corrected chi connectivity index (χ0v) is 22.0. The molecule has 5 heteroatoms. The van der Waals surface area contributed by atoms with E-state index in [0.717, 1.165) is 85.1 Å². The highest BCUT2D eigenvalue weighted by molar-refractivity contribution is 6.01. The number of hydrogen-bond donors (Lipinski definition) is 1. The normalized spacial score (nSPS) is 17.9. The number of allylic oxidation sites excluding steroid dienone is 1. The van der Waals surface area contributed by atoms with Crippen molar-refractivity contribution in [2.45, 2.75) is 45.4 Å². The lowest BCUT2D eigenvalue weighted by atomic mass is 9.85. The lowest BCUT2D eigenvalue weighted by molar-refractivity contribution is 0.0696. The van der Waals surface area contributed by atoms with Crippen molar-refractivity contribution in [3.05, 3.63) is 105 Å². The maximum atomic E-state index is 14.6. The second-order valence-corrected chi connectivity index (χ2v) is 10.7. The van der Waals surface area contributed by atoms with Gasteiger partial charge in [0, 0.05) is 13.1 Å². The Kier molecular flexibility index (Phi) is 8.04. The fourth-order valence-electron chi connectivity index (χ4n) is 6.16. The molecule has 0 radical (unpaired) electrons. The Balaban J connectivity index is 1.52. The molecule has 1 aliphatic heterocycles. The van der Waals surface area contributed by atoms with Crippen LogP contribution in [0.1, 0.15) is 69.4 Å². The Hall–Kier alpha value is -3.31. The van der Waals surface area contributed by atoms with E-state index in [4.69, 9.17) is 0 Å². The standard InChI is InChI=1S/C33H35F2NO2/c1-22-28(6-3-8-31(22)35)30-7-2-5-26-20-27(33(37)38)13-14-29(26)32(30)25-11-9-23(10-12-25)19-24-15-18-36(21-24)17-4-16-34/h3,6,8-14,20,24H,2,4-5,7,15-19,21H2,1H3,(H,37,38). The number of hydrogen-bond acceptors (Lipinski definition) is 2. The number of likely N-dealkylation sites (tertiary alicyclic amines) is 1. The molecule has 1 fully saturated rings. The van der Waals surface area contributed by atoms with Gasteiger partial charge in [0.25, 0.3) is 0 Å². The van der Waals surface area contributed by atoms with Crippen LogP contribution in [0.5, 0.6) is 0 Å². The minimum Gasteiger partial charge on any atom is -0.478 e. The average molecular weight is 516 g/mol. The molecule has 0 aromatic heterocycles. The number of aromatic carboxylic acids is 1. The van der Waals surface area contributed by atoms with Gasteiger partial charge in [0.05, 0.1) is 12.2 Å². The SMILES string of the molecule is Cc1c(F)cccc1C1=C(c2ccc(CC3CCN(CCCF)C3)cc2)c2ccc(C(=O)O)cc2CCC1. The van der Waals surface area contributed by atoms with E-state index in [1.54, 1.807) is 18.2 Å². The first-order valence-corrected chi connectivity index (χ1v) is 13.7. The summed E-state index contributed by atoms with van der Waals surface area (Å²) in [6.07, 6.45) is 5.18.